The number of rotatable bonds is 5. The summed E-state index contributed by atoms with van der Waals surface area (Å²) in [6.07, 6.45) is 0. The highest BCUT2D eigenvalue weighted by atomic mass is 16.6. The second-order valence-electron chi connectivity index (χ2n) is 5.39. The summed E-state index contributed by atoms with van der Waals surface area (Å²) < 4.78 is 4.92. The lowest BCUT2D eigenvalue weighted by atomic mass is 10.2. The second-order valence-corrected chi connectivity index (χ2v) is 5.39. The van der Waals surface area contributed by atoms with Crippen LogP contribution in [0.25, 0.3) is 16.6 Å². The Labute approximate surface area is 152 Å². The van der Waals surface area contributed by atoms with Gasteiger partial charge in [-0.05, 0) is 18.2 Å². The molecule has 1 aromatic heterocycles. The Hall–Kier alpha value is -4.19. The molecule has 9 nitrogen and oxygen atoms in total. The van der Waals surface area contributed by atoms with E-state index in [9.17, 15) is 25.3 Å². The molecule has 0 aliphatic heterocycles. The summed E-state index contributed by atoms with van der Waals surface area (Å²) >= 11 is 0. The van der Waals surface area contributed by atoms with Crippen molar-refractivity contribution in [1.82, 2.24) is 9.97 Å². The Morgan fingerprint density at radius 1 is 1.26 bits per heavy atom. The van der Waals surface area contributed by atoms with Gasteiger partial charge in [-0.2, -0.15) is 5.26 Å². The van der Waals surface area contributed by atoms with E-state index in [0.29, 0.717) is 11.0 Å². The Kier molecular flexibility index (Phi) is 4.81. The predicted molar refractivity (Wildman–Crippen MR) is 94.6 cm³/mol. The molecular formula is C18H12N4O5. The number of aromatic amines is 1. The number of benzene rings is 2. The van der Waals surface area contributed by atoms with Gasteiger partial charge < -0.3 is 14.8 Å². The fourth-order valence-electron chi connectivity index (χ4n) is 2.41. The fourth-order valence-corrected chi connectivity index (χ4v) is 2.41. The standard InChI is InChI=1S/C18H12N4O5/c19-9-12(17-20-13-6-2-3-7-14(13)21-17)16(23)10-27-18(24)11-5-1-4-8-15(11)22(25)26/h1-8,23H,10H2,(H,20,21). The summed E-state index contributed by atoms with van der Waals surface area (Å²) in [4.78, 5) is 29.5. The largest absolute Gasteiger partial charge is 0.507 e. The van der Waals surface area contributed by atoms with Crippen molar-refractivity contribution >= 4 is 28.3 Å². The minimum Gasteiger partial charge on any atom is -0.507 e. The molecule has 2 aromatic carbocycles. The number of H-pyrrole nitrogens is 1. The molecule has 3 rings (SSSR count). The maximum Gasteiger partial charge on any atom is 0.345 e. The molecule has 27 heavy (non-hydrogen) atoms. The van der Waals surface area contributed by atoms with Gasteiger partial charge in [-0.25, -0.2) is 9.78 Å². The number of nitriles is 1. The van der Waals surface area contributed by atoms with Crippen molar-refractivity contribution in [3.05, 3.63) is 75.8 Å². The van der Waals surface area contributed by atoms with E-state index in [-0.39, 0.29) is 17.0 Å². The zero-order valence-electron chi connectivity index (χ0n) is 13.7. The zero-order chi connectivity index (χ0) is 19.4. The quantitative estimate of drug-likeness (QED) is 0.233. The van der Waals surface area contributed by atoms with E-state index < -0.39 is 28.9 Å². The van der Waals surface area contributed by atoms with Crippen LogP contribution in [-0.4, -0.2) is 32.6 Å². The molecule has 0 radical (unpaired) electrons. The second kappa shape index (κ2) is 7.37. The molecule has 0 atom stereocenters. The number of imidazole rings is 1. The number of aromatic nitrogens is 2. The fraction of sp³-hybridized carbons (Fsp3) is 0.0556. The Morgan fingerprint density at radius 2 is 1.96 bits per heavy atom. The summed E-state index contributed by atoms with van der Waals surface area (Å²) in [5.74, 6) is -1.39. The molecular weight excluding hydrogens is 352 g/mol. The van der Waals surface area contributed by atoms with Crippen LogP contribution in [0.1, 0.15) is 16.2 Å². The molecule has 134 valence electrons. The molecule has 0 saturated heterocycles. The van der Waals surface area contributed by atoms with E-state index in [4.69, 9.17) is 4.74 Å². The number of aliphatic hydroxyl groups is 1. The van der Waals surface area contributed by atoms with Gasteiger partial charge in [-0.3, -0.25) is 10.1 Å². The number of hydrogen-bond acceptors (Lipinski definition) is 7. The average molecular weight is 364 g/mol. The summed E-state index contributed by atoms with van der Waals surface area (Å²) in [6, 6.07) is 14.1. The molecule has 2 N–H and O–H groups in total. The van der Waals surface area contributed by atoms with E-state index in [1.807, 2.05) is 6.07 Å². The molecule has 9 heteroatoms. The minimum atomic E-state index is -0.990. The van der Waals surface area contributed by atoms with Gasteiger partial charge in [0, 0.05) is 6.07 Å². The van der Waals surface area contributed by atoms with Crippen LogP contribution >= 0.6 is 0 Å². The first-order valence-electron chi connectivity index (χ1n) is 7.69. The molecule has 1 heterocycles. The van der Waals surface area contributed by atoms with Gasteiger partial charge in [0.25, 0.3) is 5.69 Å². The van der Waals surface area contributed by atoms with Crippen LogP contribution in [0.5, 0.6) is 0 Å². The third-order valence-corrected chi connectivity index (χ3v) is 3.69. The van der Waals surface area contributed by atoms with Crippen LogP contribution in [-0.2, 0) is 4.74 Å². The van der Waals surface area contributed by atoms with Crippen molar-refractivity contribution < 1.29 is 19.6 Å². The number of fused-ring (bicyclic) bond motifs is 1. The summed E-state index contributed by atoms with van der Waals surface area (Å²) in [6.45, 7) is -0.634. The van der Waals surface area contributed by atoms with Gasteiger partial charge in [0.15, 0.2) is 11.6 Å². The maximum absolute atomic E-state index is 12.1. The number of nitrogens with one attached hydrogen (secondary N) is 1. The van der Waals surface area contributed by atoms with Gasteiger partial charge in [0.2, 0.25) is 0 Å². The highest BCUT2D eigenvalue weighted by molar-refractivity contribution is 5.94. The van der Waals surface area contributed by atoms with Gasteiger partial charge in [-0.15, -0.1) is 0 Å². The smallest absolute Gasteiger partial charge is 0.345 e. The Balaban J connectivity index is 1.82. The normalized spacial score (nSPS) is 11.5. The van der Waals surface area contributed by atoms with Crippen LogP contribution in [0.4, 0.5) is 5.69 Å². The lowest BCUT2D eigenvalue weighted by molar-refractivity contribution is -0.385. The van der Waals surface area contributed by atoms with Crippen LogP contribution < -0.4 is 0 Å². The number of carbonyl (C=O) groups excluding carboxylic acids is 1. The van der Waals surface area contributed by atoms with Crippen LogP contribution in [0, 0.1) is 21.4 Å². The maximum atomic E-state index is 12.1. The van der Waals surface area contributed by atoms with Crippen molar-refractivity contribution in [2.24, 2.45) is 0 Å². The monoisotopic (exact) mass is 364 g/mol. The molecule has 0 saturated carbocycles. The summed E-state index contributed by atoms with van der Waals surface area (Å²) in [5, 5.41) is 30.4. The number of aliphatic hydroxyl groups excluding tert-OH is 1. The number of carbonyl (C=O) groups is 1. The number of nitro benzene ring substituents is 1. The number of nitro groups is 1. The molecule has 0 bridgehead atoms. The lowest BCUT2D eigenvalue weighted by Crippen LogP contribution is -2.11. The van der Waals surface area contributed by atoms with Crippen LogP contribution in [0.3, 0.4) is 0 Å². The number of hydrogen-bond donors (Lipinski definition) is 2. The molecule has 3 aromatic rings. The third kappa shape index (κ3) is 3.59. The third-order valence-electron chi connectivity index (χ3n) is 3.69. The van der Waals surface area contributed by atoms with Crippen molar-refractivity contribution in [3.63, 3.8) is 0 Å². The Morgan fingerprint density at radius 3 is 2.67 bits per heavy atom. The van der Waals surface area contributed by atoms with Gasteiger partial charge in [0.05, 0.1) is 16.0 Å². The Bertz CT molecular complexity index is 1080. The van der Waals surface area contributed by atoms with Crippen LogP contribution in [0.15, 0.2) is 54.3 Å². The van der Waals surface area contributed by atoms with Crippen LogP contribution in [0.2, 0.25) is 0 Å². The SMILES string of the molecule is N#CC(=C(O)COC(=O)c1ccccc1[N+](=O)[O-])c1nc2ccccc2[nH]1. The minimum absolute atomic E-state index is 0.123. The lowest BCUT2D eigenvalue weighted by Gasteiger charge is -2.06. The topological polar surface area (TPSA) is 142 Å². The van der Waals surface area contributed by atoms with Gasteiger partial charge in [0.1, 0.15) is 23.8 Å². The van der Waals surface area contributed by atoms with Crippen molar-refractivity contribution in [2.75, 3.05) is 6.61 Å². The highest BCUT2D eigenvalue weighted by Gasteiger charge is 2.21. The van der Waals surface area contributed by atoms with E-state index in [1.165, 1.54) is 24.3 Å². The number of allylic oxidation sites excluding steroid dienone is 1. The number of nitrogens with zero attached hydrogens (tertiary/aromatic N) is 3. The van der Waals surface area contributed by atoms with Gasteiger partial charge >= 0.3 is 5.97 Å². The molecule has 0 fully saturated rings. The summed E-state index contributed by atoms with van der Waals surface area (Å²) in [7, 11) is 0. The van der Waals surface area contributed by atoms with E-state index in [1.54, 1.807) is 24.3 Å². The molecule has 0 unspecified atom stereocenters. The van der Waals surface area contributed by atoms with Crippen molar-refractivity contribution in [1.29, 1.82) is 5.26 Å². The first-order valence-corrected chi connectivity index (χ1v) is 7.69. The van der Waals surface area contributed by atoms with Gasteiger partial charge in [-0.1, -0.05) is 24.3 Å². The van der Waals surface area contributed by atoms with E-state index in [2.05, 4.69) is 9.97 Å². The van der Waals surface area contributed by atoms with E-state index >= 15 is 0 Å². The first kappa shape index (κ1) is 17.6. The zero-order valence-corrected chi connectivity index (χ0v) is 13.7. The van der Waals surface area contributed by atoms with E-state index in [0.717, 1.165) is 0 Å². The number of ether oxygens (including phenoxy) is 1. The highest BCUT2D eigenvalue weighted by Crippen LogP contribution is 2.21. The first-order chi connectivity index (χ1) is 13.0. The number of para-hydroxylation sites is 3. The molecule has 0 aliphatic rings. The predicted octanol–water partition coefficient (Wildman–Crippen LogP) is 3.12. The van der Waals surface area contributed by atoms with Crippen molar-refractivity contribution in [2.45, 2.75) is 0 Å². The molecule has 0 aliphatic carbocycles. The van der Waals surface area contributed by atoms with Crippen molar-refractivity contribution in [3.8, 4) is 6.07 Å². The number of esters is 1. The average Bonchev–Trinajstić information content (AvgIpc) is 3.10. The molecule has 0 amide bonds. The summed E-state index contributed by atoms with van der Waals surface area (Å²) in [5.41, 5.74) is 0.415. The molecule has 0 spiro atoms.